The minimum atomic E-state index is -0.308. The molecule has 0 spiro atoms. The molecule has 3 N–H and O–H groups in total. The number of ether oxygens (including phenoxy) is 9. The topological polar surface area (TPSA) is 161 Å². The van der Waals surface area contributed by atoms with Crippen molar-refractivity contribution in [3.63, 3.8) is 0 Å². The van der Waals surface area contributed by atoms with Crippen molar-refractivity contribution < 1.29 is 62.7 Å². The van der Waals surface area contributed by atoms with Gasteiger partial charge in [-0.05, 0) is 346 Å². The first-order chi connectivity index (χ1) is 64.5. The minimum Gasteiger partial charge on any atom is -0.508 e. The molecule has 0 amide bonds. The van der Waals surface area contributed by atoms with Gasteiger partial charge in [-0.3, -0.25) is 4.79 Å². The molecular weight excluding hydrogens is 1810 g/mol. The number of benzene rings is 8. The van der Waals surface area contributed by atoms with Crippen molar-refractivity contribution in [3.05, 3.63) is 245 Å². The maximum Gasteiger partial charge on any atom is 0.311 e. The second-order valence-electron chi connectivity index (χ2n) is 39.0. The van der Waals surface area contributed by atoms with Gasteiger partial charge in [0.25, 0.3) is 0 Å². The lowest BCUT2D eigenvalue weighted by atomic mass is 9.90. The molecule has 5 aliphatic rings. The van der Waals surface area contributed by atoms with E-state index in [1.165, 1.54) is 199 Å². The summed E-state index contributed by atoms with van der Waals surface area (Å²) >= 11 is 0. The number of phenolic OH excluding ortho intramolecular Hbond substituents is 3. The van der Waals surface area contributed by atoms with E-state index in [9.17, 15) is 4.79 Å². The van der Waals surface area contributed by atoms with Crippen LogP contribution in [0.5, 0.6) is 40.2 Å². The van der Waals surface area contributed by atoms with Crippen LogP contribution in [0.4, 0.5) is 0 Å². The van der Waals surface area contributed by atoms with Crippen LogP contribution in [0.2, 0.25) is 0 Å². The van der Waals surface area contributed by atoms with Crippen molar-refractivity contribution in [1.29, 1.82) is 0 Å². The van der Waals surface area contributed by atoms with Crippen molar-refractivity contribution in [3.8, 4) is 40.2 Å². The molecule has 13 heteroatoms. The zero-order valence-electron chi connectivity index (χ0n) is 87.5. The first-order valence-electron chi connectivity index (χ1n) is 52.7. The molecule has 8 aromatic rings. The van der Waals surface area contributed by atoms with Gasteiger partial charge in [-0.25, -0.2) is 0 Å². The van der Waals surface area contributed by atoms with Gasteiger partial charge in [0.2, 0.25) is 0 Å². The van der Waals surface area contributed by atoms with E-state index < -0.39 is 0 Å². The maximum atomic E-state index is 11.7. The molecule has 13 nitrogen and oxygen atoms in total. The molecule has 12 unspecified atom stereocenters. The molecule has 842 valence electrons. The highest BCUT2D eigenvalue weighted by Gasteiger charge is 2.31. The van der Waals surface area contributed by atoms with Crippen LogP contribution in [0.3, 0.4) is 0 Å². The van der Waals surface area contributed by atoms with Gasteiger partial charge < -0.3 is 58.0 Å². The predicted molar refractivity (Wildman–Crippen MR) is 642 cm³/mol. The largest absolute Gasteiger partial charge is 0.508 e. The Bertz CT molecular complexity index is 3880. The lowest BCUT2D eigenvalue weighted by Crippen LogP contribution is -2.31. The Balaban J connectivity index is -0.000000245. The Morgan fingerprint density at radius 1 is 0.274 bits per heavy atom. The van der Waals surface area contributed by atoms with Gasteiger partial charge in [-0.1, -0.05) is 386 Å². The normalized spacial score (nSPS) is 16.3. The van der Waals surface area contributed by atoms with E-state index in [-0.39, 0.29) is 132 Å². The SMILES string of the molecule is C.C.C.C.C.C.C.C.C.C.C.C.CCC(C)(C)C(=O)OC1CCCCC1.CCC(C)c1ccc(O)cc1.CCC(C)c1ccc(O)cc1.CCC(C)c1ccc(O)cc1.CCC(C)c1ccc(OC(C)OC2CCCCC2)cc1.CCC(C)c1ccc(OC(C)OC2CCCCC2)cc1.CCC(C)c1ccc(OC(C)OC2CCCCC2)cc1.CCC(C)c1ccc(OC2CCCCO2)cc1.CCC(C)c1ccccc1. The van der Waals surface area contributed by atoms with E-state index in [0.29, 0.717) is 82.9 Å². The summed E-state index contributed by atoms with van der Waals surface area (Å²) in [6, 6.07) is 66.7. The number of phenols is 3. The van der Waals surface area contributed by atoms with Crippen molar-refractivity contribution >= 4 is 5.97 Å². The summed E-state index contributed by atoms with van der Waals surface area (Å²) in [5.41, 5.74) is 10.5. The number of esters is 1. The summed E-state index contributed by atoms with van der Waals surface area (Å²) in [6.07, 6.45) is 39.1. The Labute approximate surface area is 904 Å². The molecule has 1 heterocycles. The first kappa shape index (κ1) is 153. The number of hydrogen-bond acceptors (Lipinski definition) is 13. The Hall–Kier alpha value is -8.33. The summed E-state index contributed by atoms with van der Waals surface area (Å²) in [5.74, 6) is 9.58. The van der Waals surface area contributed by atoms with Crippen LogP contribution in [0.1, 0.15) is 539 Å². The summed E-state index contributed by atoms with van der Waals surface area (Å²) in [5, 5.41) is 27.0. The van der Waals surface area contributed by atoms with Crippen LogP contribution < -0.4 is 18.9 Å². The summed E-state index contributed by atoms with van der Waals surface area (Å²) in [4.78, 5) is 11.7. The predicted octanol–water partition coefficient (Wildman–Crippen LogP) is 42.8. The first-order valence-corrected chi connectivity index (χ1v) is 52.7. The third-order valence-corrected chi connectivity index (χ3v) is 27.8. The summed E-state index contributed by atoms with van der Waals surface area (Å²) in [7, 11) is 0. The average molecular weight is 2040 g/mol. The number of carbonyl (C=O) groups is 1. The fourth-order valence-corrected chi connectivity index (χ4v) is 16.2. The van der Waals surface area contributed by atoms with Gasteiger partial charge in [-0.2, -0.15) is 0 Å². The van der Waals surface area contributed by atoms with Gasteiger partial charge in [-0.15, -0.1) is 0 Å². The van der Waals surface area contributed by atoms with Crippen molar-refractivity contribution in [2.75, 3.05) is 6.61 Å². The Morgan fingerprint density at radius 2 is 0.479 bits per heavy atom. The smallest absolute Gasteiger partial charge is 0.311 e. The highest BCUT2D eigenvalue weighted by Crippen LogP contribution is 2.34. The van der Waals surface area contributed by atoms with Crippen molar-refractivity contribution in [1.82, 2.24) is 0 Å². The molecule has 8 aromatic carbocycles. The average Bonchev–Trinajstić information content (AvgIpc) is 0.901. The van der Waals surface area contributed by atoms with E-state index in [1.54, 1.807) is 36.4 Å². The molecule has 13 rings (SSSR count). The quantitative estimate of drug-likeness (QED) is 0.0264. The van der Waals surface area contributed by atoms with E-state index in [2.05, 4.69) is 238 Å². The van der Waals surface area contributed by atoms with E-state index in [4.69, 9.17) is 58.0 Å². The second-order valence-corrected chi connectivity index (χ2v) is 39.0. The zero-order chi connectivity index (χ0) is 98.0. The molecule has 5 fully saturated rings. The standard InChI is InChI=1S/3C18H28O2.C15H22O2.C12H22O2.3C10H14O.C10H14.12CH4/c3*1-4-14(2)16-10-12-18(13-11-16)20-15(3)19-17-8-6-5-7-9-17;1-3-12(2)13-7-9-14(10-8-13)17-15-6-4-5-11-16-15;1-4-12(2,3)11(13)14-10-8-6-5-7-9-10;3*1-3-8(2)9-4-6-10(11)7-5-9;1-3-9(2)10-7-5-4-6-8-10;;;;;;;;;;;;/h3*10-15,17H,4-9H2,1-3H3;7-10,12,15H,3-6,11H2,1-2H3;10H,4-9H2,1-3H3;3*4-8,11H,3H2,1-2H3;4-9H,3H2,1-2H3;12*1H4. The van der Waals surface area contributed by atoms with Crippen LogP contribution in [-0.4, -0.2) is 77.5 Å². The number of carbonyl (C=O) groups excluding carboxylic acids is 1. The highest BCUT2D eigenvalue weighted by molar-refractivity contribution is 5.76. The molecule has 4 saturated carbocycles. The Kier molecular flexibility index (Phi) is 92.6. The van der Waals surface area contributed by atoms with Gasteiger partial charge >= 0.3 is 5.97 Å². The Morgan fingerprint density at radius 3 is 0.692 bits per heavy atom. The molecule has 1 aliphatic heterocycles. The van der Waals surface area contributed by atoms with Gasteiger partial charge in [0.15, 0.2) is 25.2 Å². The van der Waals surface area contributed by atoms with E-state index in [0.717, 1.165) is 81.0 Å². The van der Waals surface area contributed by atoms with Crippen LogP contribution in [0, 0.1) is 5.41 Å². The van der Waals surface area contributed by atoms with Crippen LogP contribution in [0.15, 0.2) is 200 Å². The summed E-state index contributed by atoms with van der Waals surface area (Å²) < 4.78 is 52.4. The molecule has 146 heavy (non-hydrogen) atoms. The van der Waals surface area contributed by atoms with Crippen LogP contribution in [-0.2, 0) is 28.5 Å². The molecule has 0 radical (unpaired) electrons. The van der Waals surface area contributed by atoms with E-state index >= 15 is 0 Å². The maximum absolute atomic E-state index is 11.7. The van der Waals surface area contributed by atoms with Gasteiger partial charge in [0, 0.05) is 6.42 Å². The van der Waals surface area contributed by atoms with Crippen molar-refractivity contribution in [2.24, 2.45) is 5.41 Å². The molecule has 1 saturated heterocycles. The highest BCUT2D eigenvalue weighted by atomic mass is 16.7. The fourth-order valence-electron chi connectivity index (χ4n) is 16.2. The molecule has 0 aromatic heterocycles. The van der Waals surface area contributed by atoms with E-state index in [1.807, 2.05) is 77.9 Å². The van der Waals surface area contributed by atoms with Gasteiger partial charge in [0.1, 0.15) is 46.4 Å². The van der Waals surface area contributed by atoms with Crippen LogP contribution in [0.25, 0.3) is 0 Å². The molecule has 4 aliphatic carbocycles. The minimum absolute atomic E-state index is 0. The third-order valence-electron chi connectivity index (χ3n) is 27.8. The lowest BCUT2D eigenvalue weighted by Gasteiger charge is -2.27. The van der Waals surface area contributed by atoms with Gasteiger partial charge in [0.05, 0.1) is 30.3 Å². The lowest BCUT2D eigenvalue weighted by molar-refractivity contribution is -0.161. The number of hydrogen-bond donors (Lipinski definition) is 3. The summed E-state index contributed by atoms with van der Waals surface area (Å²) in [6.45, 7) is 48.2. The molecular formula is C133H232O13. The number of aromatic hydroxyl groups is 3. The third kappa shape index (κ3) is 62.3. The molecule has 12 atom stereocenters. The van der Waals surface area contributed by atoms with Crippen molar-refractivity contribution in [2.45, 2.75) is 544 Å². The number of rotatable bonds is 33. The second kappa shape index (κ2) is 88.4. The molecule has 0 bridgehead atoms. The van der Waals surface area contributed by atoms with Crippen LogP contribution >= 0.6 is 0 Å². The zero-order valence-corrected chi connectivity index (χ0v) is 87.5. The monoisotopic (exact) mass is 2040 g/mol. The fraction of sp³-hybridized carbons (Fsp3) is 0.632.